The molecule has 0 fully saturated rings. The van der Waals surface area contributed by atoms with Gasteiger partial charge in [0, 0.05) is 16.2 Å². The number of benzene rings is 2. The van der Waals surface area contributed by atoms with Gasteiger partial charge in [0.25, 0.3) is 0 Å². The molecule has 0 spiro atoms. The van der Waals surface area contributed by atoms with Crippen LogP contribution >= 0.6 is 23.4 Å². The minimum atomic E-state index is -0.432. The molecule has 0 unspecified atom stereocenters. The highest BCUT2D eigenvalue weighted by Gasteiger charge is 2.24. The van der Waals surface area contributed by atoms with Crippen molar-refractivity contribution in [1.29, 1.82) is 0 Å². The Morgan fingerprint density at radius 3 is 2.61 bits per heavy atom. The normalized spacial score (nSPS) is 13.4. The molecule has 3 nitrogen and oxygen atoms in total. The number of anilines is 1. The molecule has 0 saturated heterocycles. The summed E-state index contributed by atoms with van der Waals surface area (Å²) in [6.45, 7) is 1.80. The summed E-state index contributed by atoms with van der Waals surface area (Å²) in [6.07, 6.45) is 0. The van der Waals surface area contributed by atoms with E-state index >= 15 is 0 Å². The highest BCUT2D eigenvalue weighted by atomic mass is 35.5. The van der Waals surface area contributed by atoms with Gasteiger partial charge in [0.15, 0.2) is 0 Å². The first-order valence-corrected chi connectivity index (χ1v) is 8.02. The van der Waals surface area contributed by atoms with E-state index in [9.17, 15) is 9.18 Å². The summed E-state index contributed by atoms with van der Waals surface area (Å²) in [4.78, 5) is 13.8. The Hall–Kier alpha value is -1.98. The second kappa shape index (κ2) is 6.26. The van der Waals surface area contributed by atoms with Gasteiger partial charge in [0.2, 0.25) is 5.78 Å². The van der Waals surface area contributed by atoms with Gasteiger partial charge in [0.05, 0.1) is 22.7 Å². The lowest BCUT2D eigenvalue weighted by Gasteiger charge is -2.22. The monoisotopic (exact) mass is 349 g/mol. The fourth-order valence-electron chi connectivity index (χ4n) is 2.27. The van der Waals surface area contributed by atoms with Crippen LogP contribution in [0.1, 0.15) is 17.3 Å². The Bertz CT molecular complexity index is 818. The van der Waals surface area contributed by atoms with Crippen LogP contribution in [-0.4, -0.2) is 12.9 Å². The number of allylic oxidation sites excluding steroid dienone is 2. The summed E-state index contributed by atoms with van der Waals surface area (Å²) < 4.78 is 18.6. The van der Waals surface area contributed by atoms with Crippen molar-refractivity contribution in [3.63, 3.8) is 0 Å². The van der Waals surface area contributed by atoms with E-state index in [1.54, 1.807) is 38.3 Å². The zero-order valence-corrected chi connectivity index (χ0v) is 14.0. The molecule has 0 radical (unpaired) electrons. The zero-order chi connectivity index (χ0) is 16.6. The van der Waals surface area contributed by atoms with Gasteiger partial charge >= 0.3 is 0 Å². The predicted molar refractivity (Wildman–Crippen MR) is 90.9 cm³/mol. The Labute approximate surface area is 142 Å². The molecular weight excluding hydrogens is 337 g/mol. The lowest BCUT2D eigenvalue weighted by Crippen LogP contribution is -2.12. The van der Waals surface area contributed by atoms with Crippen LogP contribution in [0.3, 0.4) is 0 Å². The number of methoxy groups -OCH3 is 1. The number of carbonyl (C=O) groups excluding carboxylic acids is 1. The molecule has 6 heteroatoms. The molecule has 1 aliphatic rings. The third-order valence-electron chi connectivity index (χ3n) is 3.44. The molecule has 0 saturated carbocycles. The molecule has 2 aromatic carbocycles. The quantitative estimate of drug-likeness (QED) is 0.780. The lowest BCUT2D eigenvalue weighted by atomic mass is 10.1. The maximum atomic E-state index is 13.5. The number of Topliss-reactive ketones (excluding diaryl/α,β-unsaturated/α-hetero) is 1. The van der Waals surface area contributed by atoms with Gasteiger partial charge in [-0.05, 0) is 43.3 Å². The Morgan fingerprint density at radius 2 is 1.96 bits per heavy atom. The van der Waals surface area contributed by atoms with E-state index in [0.29, 0.717) is 37.5 Å². The SMILES string of the molecule is COc1ccc(C(=O)C2=C(C)Nc3c(Cl)cc(F)cc3S2)cc1. The average Bonchev–Trinajstić information content (AvgIpc) is 2.54. The van der Waals surface area contributed by atoms with E-state index in [0.717, 1.165) is 0 Å². The summed E-state index contributed by atoms with van der Waals surface area (Å²) in [6, 6.07) is 9.49. The van der Waals surface area contributed by atoms with Gasteiger partial charge in [-0.1, -0.05) is 23.4 Å². The summed E-state index contributed by atoms with van der Waals surface area (Å²) in [5, 5.41) is 3.39. The molecular formula is C17H13ClFNO2S. The second-order valence-electron chi connectivity index (χ2n) is 5.00. The van der Waals surface area contributed by atoms with Crippen molar-refractivity contribution in [2.45, 2.75) is 11.8 Å². The van der Waals surface area contributed by atoms with E-state index in [1.807, 2.05) is 0 Å². The van der Waals surface area contributed by atoms with Gasteiger partial charge in [-0.25, -0.2) is 4.39 Å². The number of halogens is 2. The number of ether oxygens (including phenoxy) is 1. The molecule has 1 N–H and O–H groups in total. The zero-order valence-electron chi connectivity index (χ0n) is 12.4. The van der Waals surface area contributed by atoms with Crippen LogP contribution in [0.5, 0.6) is 5.75 Å². The maximum absolute atomic E-state index is 13.5. The number of fused-ring (bicyclic) bond motifs is 1. The average molecular weight is 350 g/mol. The first-order valence-electron chi connectivity index (χ1n) is 6.83. The topological polar surface area (TPSA) is 38.3 Å². The Morgan fingerprint density at radius 1 is 1.26 bits per heavy atom. The molecule has 0 aromatic heterocycles. The minimum absolute atomic E-state index is 0.131. The number of hydrogen-bond donors (Lipinski definition) is 1. The van der Waals surface area contributed by atoms with E-state index in [-0.39, 0.29) is 5.78 Å². The van der Waals surface area contributed by atoms with Gasteiger partial charge in [-0.2, -0.15) is 0 Å². The molecule has 2 aromatic rings. The van der Waals surface area contributed by atoms with Crippen LogP contribution in [0.15, 0.2) is 51.9 Å². The minimum Gasteiger partial charge on any atom is -0.497 e. The fourth-order valence-corrected chi connectivity index (χ4v) is 3.65. The van der Waals surface area contributed by atoms with Crippen LogP contribution in [-0.2, 0) is 0 Å². The van der Waals surface area contributed by atoms with Gasteiger partial charge in [-0.15, -0.1) is 0 Å². The van der Waals surface area contributed by atoms with Crippen LogP contribution < -0.4 is 10.1 Å². The van der Waals surface area contributed by atoms with E-state index in [1.165, 1.54) is 23.9 Å². The molecule has 0 bridgehead atoms. The second-order valence-corrected chi connectivity index (χ2v) is 6.46. The van der Waals surface area contributed by atoms with E-state index in [2.05, 4.69) is 5.32 Å². The number of ketones is 1. The standard InChI is InChI=1S/C17H13ClFNO2S/c1-9-17(16(21)10-3-5-12(22-2)6-4-10)23-14-8-11(19)7-13(18)15(14)20-9/h3-8,20H,1-2H3. The largest absolute Gasteiger partial charge is 0.497 e. The van der Waals surface area contributed by atoms with Crippen LogP contribution in [0.25, 0.3) is 0 Å². The first kappa shape index (κ1) is 15.9. The lowest BCUT2D eigenvalue weighted by molar-refractivity contribution is 0.104. The van der Waals surface area contributed by atoms with Crippen molar-refractivity contribution < 1.29 is 13.9 Å². The highest BCUT2D eigenvalue weighted by molar-refractivity contribution is 8.04. The number of nitrogens with one attached hydrogen (secondary N) is 1. The summed E-state index contributed by atoms with van der Waals surface area (Å²) >= 11 is 7.27. The molecule has 1 heterocycles. The van der Waals surface area contributed by atoms with Crippen molar-refractivity contribution in [3.05, 3.63) is 63.4 Å². The molecule has 23 heavy (non-hydrogen) atoms. The summed E-state index contributed by atoms with van der Waals surface area (Å²) in [5.41, 5.74) is 1.86. The maximum Gasteiger partial charge on any atom is 0.201 e. The number of thioether (sulfide) groups is 1. The third kappa shape index (κ3) is 3.07. The Balaban J connectivity index is 1.94. The summed E-state index contributed by atoms with van der Waals surface area (Å²) in [5.74, 6) is 0.119. The number of carbonyl (C=O) groups is 1. The molecule has 3 rings (SSSR count). The Kier molecular flexibility index (Phi) is 4.33. The molecule has 0 aliphatic carbocycles. The summed E-state index contributed by atoms with van der Waals surface area (Å²) in [7, 11) is 1.57. The number of hydrogen-bond acceptors (Lipinski definition) is 4. The third-order valence-corrected chi connectivity index (χ3v) is 4.98. The molecule has 118 valence electrons. The van der Waals surface area contributed by atoms with Crippen molar-refractivity contribution in [1.82, 2.24) is 0 Å². The predicted octanol–water partition coefficient (Wildman–Crippen LogP) is 5.12. The van der Waals surface area contributed by atoms with E-state index in [4.69, 9.17) is 16.3 Å². The van der Waals surface area contributed by atoms with Crippen molar-refractivity contribution in [3.8, 4) is 5.75 Å². The van der Waals surface area contributed by atoms with Gasteiger partial charge < -0.3 is 10.1 Å². The molecule has 0 amide bonds. The molecule has 1 aliphatic heterocycles. The van der Waals surface area contributed by atoms with Crippen LogP contribution in [0.2, 0.25) is 5.02 Å². The van der Waals surface area contributed by atoms with Gasteiger partial charge in [0.1, 0.15) is 11.6 Å². The number of rotatable bonds is 3. The van der Waals surface area contributed by atoms with E-state index < -0.39 is 5.82 Å². The molecule has 0 atom stereocenters. The smallest absolute Gasteiger partial charge is 0.201 e. The fraction of sp³-hybridized carbons (Fsp3) is 0.118. The highest BCUT2D eigenvalue weighted by Crippen LogP contribution is 2.44. The van der Waals surface area contributed by atoms with Crippen molar-refractivity contribution in [2.75, 3.05) is 12.4 Å². The first-order chi connectivity index (χ1) is 11.0. The van der Waals surface area contributed by atoms with Crippen molar-refractivity contribution in [2.24, 2.45) is 0 Å². The van der Waals surface area contributed by atoms with Crippen LogP contribution in [0.4, 0.5) is 10.1 Å². The van der Waals surface area contributed by atoms with Gasteiger partial charge in [-0.3, -0.25) is 4.79 Å². The van der Waals surface area contributed by atoms with Crippen LogP contribution in [0, 0.1) is 5.82 Å². The van der Waals surface area contributed by atoms with Crippen molar-refractivity contribution >= 4 is 34.8 Å².